The molecule has 0 aliphatic carbocycles. The second-order valence-corrected chi connectivity index (χ2v) is 3.19. The Bertz CT molecular complexity index is 146. The maximum atomic E-state index is 4.65. The van der Waals surface area contributed by atoms with Crippen molar-refractivity contribution in [2.75, 3.05) is 26.7 Å². The molecule has 0 atom stereocenters. The van der Waals surface area contributed by atoms with Crippen molar-refractivity contribution in [2.45, 2.75) is 13.8 Å². The van der Waals surface area contributed by atoms with Crippen LogP contribution in [0.15, 0.2) is 5.16 Å². The Hall–Kier alpha value is -0.570. The highest BCUT2D eigenvalue weighted by Crippen LogP contribution is 2.08. The van der Waals surface area contributed by atoms with Gasteiger partial charge < -0.3 is 4.84 Å². The largest absolute Gasteiger partial charge is 0.399 e. The van der Waals surface area contributed by atoms with Gasteiger partial charge in [0.2, 0.25) is 0 Å². The van der Waals surface area contributed by atoms with Crippen LogP contribution in [0.4, 0.5) is 0 Å². The molecule has 0 aromatic rings. The summed E-state index contributed by atoms with van der Waals surface area (Å²) in [4.78, 5) is 6.98. The summed E-state index contributed by atoms with van der Waals surface area (Å²) < 4.78 is 0. The van der Waals surface area contributed by atoms with Crippen LogP contribution in [0.3, 0.4) is 0 Å². The molecule has 63 valence electrons. The van der Waals surface area contributed by atoms with E-state index in [0.717, 1.165) is 25.3 Å². The summed E-state index contributed by atoms with van der Waals surface area (Å²) in [6.45, 7) is 7.32. The molecule has 3 nitrogen and oxygen atoms in total. The summed E-state index contributed by atoms with van der Waals surface area (Å²) in [5.74, 6) is 1.45. The molecule has 0 amide bonds. The van der Waals surface area contributed by atoms with Gasteiger partial charge in [0.15, 0.2) is 0 Å². The van der Waals surface area contributed by atoms with Crippen molar-refractivity contribution in [1.82, 2.24) is 4.90 Å². The minimum absolute atomic E-state index is 0.971. The maximum absolute atomic E-state index is 4.65. The normalized spacial score (nSPS) is 18.4. The van der Waals surface area contributed by atoms with E-state index in [9.17, 15) is 0 Å². The number of hydrogen-bond acceptors (Lipinski definition) is 3. The monoisotopic (exact) mass is 155 g/mol. The Labute approximate surface area is 68.0 Å². The number of oxime groups is 1. The minimum Gasteiger partial charge on any atom is -0.399 e. The lowest BCUT2D eigenvalue weighted by Gasteiger charge is -2.32. The predicted octanol–water partition coefficient (Wildman–Crippen LogP) is 0.919. The number of nitrogens with zero attached hydrogens (tertiary/aromatic N) is 2. The van der Waals surface area contributed by atoms with E-state index in [1.807, 2.05) is 0 Å². The number of hydrogen-bond donors (Lipinski definition) is 0. The van der Waals surface area contributed by atoms with E-state index in [2.05, 4.69) is 28.7 Å². The summed E-state index contributed by atoms with van der Waals surface area (Å²) in [6.07, 6.45) is 0. The molecule has 1 saturated heterocycles. The Morgan fingerprint density at radius 2 is 2.18 bits per heavy atom. The first-order valence-corrected chi connectivity index (χ1v) is 3.82. The quantitative estimate of drug-likeness (QED) is 0.566. The molecule has 0 spiro atoms. The van der Waals surface area contributed by atoms with Gasteiger partial charge in [0.25, 0.3) is 0 Å². The van der Waals surface area contributed by atoms with Gasteiger partial charge in [0.1, 0.15) is 7.11 Å². The number of likely N-dealkylation sites (tertiary alicyclic amines) is 1. The zero-order valence-corrected chi connectivity index (χ0v) is 7.42. The van der Waals surface area contributed by atoms with Crippen molar-refractivity contribution < 1.29 is 4.84 Å². The van der Waals surface area contributed by atoms with Gasteiger partial charge in [-0.05, 0) is 5.92 Å². The van der Waals surface area contributed by atoms with E-state index < -0.39 is 0 Å². The van der Waals surface area contributed by atoms with Crippen molar-refractivity contribution >= 4 is 5.71 Å². The van der Waals surface area contributed by atoms with E-state index in [1.165, 1.54) is 5.92 Å². The van der Waals surface area contributed by atoms with Crippen LogP contribution in [0.25, 0.3) is 0 Å². The minimum atomic E-state index is 0.971. The van der Waals surface area contributed by atoms with Crippen molar-refractivity contribution in [2.24, 2.45) is 5.16 Å². The Morgan fingerprint density at radius 1 is 1.55 bits per heavy atom. The third kappa shape index (κ3) is 2.50. The molecule has 1 radical (unpaired) electrons. The molecule has 0 aromatic carbocycles. The van der Waals surface area contributed by atoms with Crippen LogP contribution in [0.2, 0.25) is 0 Å². The zero-order chi connectivity index (χ0) is 8.27. The van der Waals surface area contributed by atoms with Crippen LogP contribution in [0.5, 0.6) is 0 Å². The summed E-state index contributed by atoms with van der Waals surface area (Å²) >= 11 is 0. The molecule has 0 unspecified atom stereocenters. The summed E-state index contributed by atoms with van der Waals surface area (Å²) in [5.41, 5.74) is 1.15. The second-order valence-electron chi connectivity index (χ2n) is 3.19. The molecule has 3 heteroatoms. The zero-order valence-electron chi connectivity index (χ0n) is 7.42. The lowest BCUT2D eigenvalue weighted by Crippen LogP contribution is -2.48. The molecular formula is C8H15N2O. The molecule has 0 N–H and O–H groups in total. The average molecular weight is 155 g/mol. The van der Waals surface area contributed by atoms with E-state index >= 15 is 0 Å². The van der Waals surface area contributed by atoms with Crippen molar-refractivity contribution in [1.29, 1.82) is 0 Å². The van der Waals surface area contributed by atoms with E-state index in [4.69, 9.17) is 0 Å². The lowest BCUT2D eigenvalue weighted by atomic mass is 10.1. The van der Waals surface area contributed by atoms with Crippen LogP contribution in [-0.4, -0.2) is 37.4 Å². The first-order chi connectivity index (χ1) is 5.22. The highest BCUT2D eigenvalue weighted by atomic mass is 16.6. The van der Waals surface area contributed by atoms with Gasteiger partial charge in [-0.15, -0.1) is 0 Å². The first-order valence-electron chi connectivity index (χ1n) is 3.82. The SMILES string of the molecule is CON=C1CN(C[C](C)C)C1. The standard InChI is InChI=1S/C8H15N2O/c1-7(2)4-10-5-8(6-10)9-11-3/h4-6H2,1-3H3. The highest BCUT2D eigenvalue weighted by Gasteiger charge is 2.22. The molecule has 1 rings (SSSR count). The maximum Gasteiger partial charge on any atom is 0.106 e. The van der Waals surface area contributed by atoms with Gasteiger partial charge in [0.05, 0.1) is 5.71 Å². The molecule has 1 aliphatic heterocycles. The summed E-state index contributed by atoms with van der Waals surface area (Å²) in [5, 5.41) is 3.85. The lowest BCUT2D eigenvalue weighted by molar-refractivity contribution is 0.199. The Balaban J connectivity index is 2.14. The Kier molecular flexibility index (Phi) is 2.88. The van der Waals surface area contributed by atoms with Crippen LogP contribution < -0.4 is 0 Å². The fourth-order valence-electron chi connectivity index (χ4n) is 1.22. The second kappa shape index (κ2) is 3.72. The van der Waals surface area contributed by atoms with Crippen LogP contribution in [0, 0.1) is 5.92 Å². The van der Waals surface area contributed by atoms with E-state index in [0.29, 0.717) is 0 Å². The highest BCUT2D eigenvalue weighted by molar-refractivity contribution is 5.92. The van der Waals surface area contributed by atoms with Crippen molar-refractivity contribution in [3.8, 4) is 0 Å². The van der Waals surface area contributed by atoms with Crippen molar-refractivity contribution in [3.05, 3.63) is 5.92 Å². The van der Waals surface area contributed by atoms with Gasteiger partial charge in [0, 0.05) is 19.6 Å². The summed E-state index contributed by atoms with van der Waals surface area (Å²) in [6, 6.07) is 0. The first kappa shape index (κ1) is 8.53. The molecule has 1 fully saturated rings. The molecule has 0 bridgehead atoms. The average Bonchev–Trinajstić information content (AvgIpc) is 1.82. The van der Waals surface area contributed by atoms with Crippen LogP contribution in [0.1, 0.15) is 13.8 Å². The van der Waals surface area contributed by atoms with E-state index in [1.54, 1.807) is 7.11 Å². The van der Waals surface area contributed by atoms with Gasteiger partial charge in [-0.3, -0.25) is 4.90 Å². The fourth-order valence-corrected chi connectivity index (χ4v) is 1.22. The third-order valence-corrected chi connectivity index (χ3v) is 1.57. The molecular weight excluding hydrogens is 140 g/mol. The topological polar surface area (TPSA) is 24.8 Å². The molecule has 1 aliphatic rings. The molecule has 0 saturated carbocycles. The van der Waals surface area contributed by atoms with Gasteiger partial charge in [-0.25, -0.2) is 0 Å². The molecule has 11 heavy (non-hydrogen) atoms. The van der Waals surface area contributed by atoms with Crippen molar-refractivity contribution in [3.63, 3.8) is 0 Å². The fraction of sp³-hybridized carbons (Fsp3) is 0.750. The number of rotatable bonds is 3. The van der Waals surface area contributed by atoms with Gasteiger partial charge >= 0.3 is 0 Å². The van der Waals surface area contributed by atoms with E-state index in [-0.39, 0.29) is 0 Å². The van der Waals surface area contributed by atoms with Crippen LogP contribution >= 0.6 is 0 Å². The molecule has 0 aromatic heterocycles. The molecule has 1 heterocycles. The smallest absolute Gasteiger partial charge is 0.106 e. The van der Waals surface area contributed by atoms with Gasteiger partial charge in [-0.1, -0.05) is 19.0 Å². The summed E-state index contributed by atoms with van der Waals surface area (Å²) in [7, 11) is 1.59. The van der Waals surface area contributed by atoms with Gasteiger partial charge in [-0.2, -0.15) is 0 Å². The Morgan fingerprint density at radius 3 is 2.64 bits per heavy atom. The third-order valence-electron chi connectivity index (χ3n) is 1.57. The predicted molar refractivity (Wildman–Crippen MR) is 45.5 cm³/mol. The van der Waals surface area contributed by atoms with Crippen LogP contribution in [-0.2, 0) is 4.84 Å².